The molecule has 1 rings (SSSR count). The second-order valence-corrected chi connectivity index (χ2v) is 4.10. The van der Waals surface area contributed by atoms with Gasteiger partial charge in [0.2, 0.25) is 5.88 Å². The van der Waals surface area contributed by atoms with Gasteiger partial charge in [-0.05, 0) is 13.0 Å². The number of methoxy groups -OCH3 is 2. The molecule has 0 spiro atoms. The van der Waals surface area contributed by atoms with E-state index in [0.717, 1.165) is 5.69 Å². The predicted molar refractivity (Wildman–Crippen MR) is 90.9 cm³/mol. The molecule has 0 amide bonds. The van der Waals surface area contributed by atoms with E-state index in [0.29, 0.717) is 25.0 Å². The molecule has 0 bridgehead atoms. The van der Waals surface area contributed by atoms with E-state index in [-0.39, 0.29) is 30.0 Å². The summed E-state index contributed by atoms with van der Waals surface area (Å²) in [4.78, 5) is 8.47. The first-order valence-corrected chi connectivity index (χ1v) is 6.15. The lowest BCUT2D eigenvalue weighted by Gasteiger charge is -2.17. The van der Waals surface area contributed by atoms with Gasteiger partial charge in [-0.1, -0.05) is 6.07 Å². The number of aliphatic imine (C=N–C) groups is 1. The Hall–Kier alpha value is -1.09. The molecule has 1 atom stereocenters. The number of guanidine groups is 1. The van der Waals surface area contributed by atoms with Gasteiger partial charge in [-0.2, -0.15) is 0 Å². The zero-order valence-corrected chi connectivity index (χ0v) is 14.7. The summed E-state index contributed by atoms with van der Waals surface area (Å²) in [5.41, 5.74) is 0.890. The number of hydrogen-bond donors (Lipinski definition) is 2. The number of pyridine rings is 1. The zero-order valence-electron chi connectivity index (χ0n) is 12.3. The number of hydrogen-bond acceptors (Lipinski definition) is 4. The minimum absolute atomic E-state index is 0. The number of halogens is 1. The summed E-state index contributed by atoms with van der Waals surface area (Å²) in [6.07, 6.45) is 0. The molecule has 0 saturated heterocycles. The second-order valence-electron chi connectivity index (χ2n) is 4.10. The topological polar surface area (TPSA) is 67.8 Å². The minimum atomic E-state index is 0. The quantitative estimate of drug-likeness (QED) is 0.434. The Morgan fingerprint density at radius 1 is 1.40 bits per heavy atom. The van der Waals surface area contributed by atoms with Gasteiger partial charge in [-0.25, -0.2) is 4.98 Å². The third-order valence-electron chi connectivity index (χ3n) is 2.45. The van der Waals surface area contributed by atoms with E-state index < -0.39 is 0 Å². The van der Waals surface area contributed by atoms with Gasteiger partial charge in [-0.3, -0.25) is 4.99 Å². The highest BCUT2D eigenvalue weighted by Gasteiger charge is 2.05. The van der Waals surface area contributed by atoms with Crippen molar-refractivity contribution >= 4 is 29.9 Å². The van der Waals surface area contributed by atoms with Gasteiger partial charge in [-0.15, -0.1) is 24.0 Å². The summed E-state index contributed by atoms with van der Waals surface area (Å²) >= 11 is 0. The van der Waals surface area contributed by atoms with Crippen LogP contribution in [0.5, 0.6) is 5.88 Å². The fraction of sp³-hybridized carbons (Fsp3) is 0.538. The van der Waals surface area contributed by atoms with Gasteiger partial charge in [0, 0.05) is 26.3 Å². The average molecular weight is 394 g/mol. The van der Waals surface area contributed by atoms with E-state index in [1.165, 1.54) is 0 Å². The summed E-state index contributed by atoms with van der Waals surface area (Å²) in [6.45, 7) is 3.23. The molecule has 0 aliphatic rings. The molecule has 1 aromatic heterocycles. The van der Waals surface area contributed by atoms with Gasteiger partial charge in [0.1, 0.15) is 0 Å². The lowest BCUT2D eigenvalue weighted by molar-refractivity contribution is 0.179. The summed E-state index contributed by atoms with van der Waals surface area (Å²) < 4.78 is 10.2. The lowest BCUT2D eigenvalue weighted by atomic mass is 10.3. The van der Waals surface area contributed by atoms with Crippen LogP contribution in [-0.4, -0.2) is 44.9 Å². The highest BCUT2D eigenvalue weighted by Crippen LogP contribution is 2.05. The van der Waals surface area contributed by atoms with Crippen LogP contribution in [0.2, 0.25) is 0 Å². The summed E-state index contributed by atoms with van der Waals surface area (Å²) in [5.74, 6) is 1.32. The van der Waals surface area contributed by atoms with Crippen molar-refractivity contribution in [2.75, 3.05) is 27.9 Å². The van der Waals surface area contributed by atoms with Crippen LogP contribution in [-0.2, 0) is 11.3 Å². The molecule has 0 saturated carbocycles. The highest BCUT2D eigenvalue weighted by atomic mass is 127. The monoisotopic (exact) mass is 394 g/mol. The smallest absolute Gasteiger partial charge is 0.213 e. The van der Waals surface area contributed by atoms with Crippen molar-refractivity contribution in [3.05, 3.63) is 23.9 Å². The van der Waals surface area contributed by atoms with Crippen LogP contribution in [0.1, 0.15) is 12.6 Å². The molecule has 1 unspecified atom stereocenters. The number of ether oxygens (including phenoxy) is 2. The molecule has 0 fully saturated rings. The van der Waals surface area contributed by atoms with Crippen molar-refractivity contribution in [3.8, 4) is 5.88 Å². The second kappa shape index (κ2) is 10.7. The molecule has 0 aliphatic heterocycles. The molecule has 114 valence electrons. The number of nitrogens with one attached hydrogen (secondary N) is 2. The Kier molecular flexibility index (Phi) is 10.1. The van der Waals surface area contributed by atoms with Crippen LogP contribution in [0.3, 0.4) is 0 Å². The molecule has 1 aromatic rings. The summed E-state index contributed by atoms with van der Waals surface area (Å²) in [5, 5.41) is 6.41. The van der Waals surface area contributed by atoms with Crippen molar-refractivity contribution in [1.29, 1.82) is 0 Å². The Balaban J connectivity index is 0.00000361. The predicted octanol–water partition coefficient (Wildman–Crippen LogP) is 1.41. The molecule has 6 nitrogen and oxygen atoms in total. The normalized spacial score (nSPS) is 12.3. The molecule has 20 heavy (non-hydrogen) atoms. The van der Waals surface area contributed by atoms with E-state index in [1.54, 1.807) is 21.3 Å². The maximum Gasteiger partial charge on any atom is 0.213 e. The Labute approximate surface area is 137 Å². The largest absolute Gasteiger partial charge is 0.481 e. The Morgan fingerprint density at radius 3 is 2.75 bits per heavy atom. The fourth-order valence-corrected chi connectivity index (χ4v) is 1.56. The Morgan fingerprint density at radius 2 is 2.15 bits per heavy atom. The van der Waals surface area contributed by atoms with Crippen molar-refractivity contribution in [2.24, 2.45) is 4.99 Å². The summed E-state index contributed by atoms with van der Waals surface area (Å²) in [6, 6.07) is 5.85. The molecule has 7 heteroatoms. The maximum atomic E-state index is 5.08. The first kappa shape index (κ1) is 18.9. The van der Waals surface area contributed by atoms with Crippen LogP contribution < -0.4 is 15.4 Å². The van der Waals surface area contributed by atoms with E-state index in [4.69, 9.17) is 9.47 Å². The molecule has 0 aliphatic carbocycles. The first-order chi connectivity index (χ1) is 9.19. The van der Waals surface area contributed by atoms with Gasteiger partial charge in [0.15, 0.2) is 5.96 Å². The van der Waals surface area contributed by atoms with E-state index in [1.807, 2.05) is 25.1 Å². The molecule has 1 heterocycles. The van der Waals surface area contributed by atoms with E-state index in [9.17, 15) is 0 Å². The van der Waals surface area contributed by atoms with Crippen molar-refractivity contribution < 1.29 is 9.47 Å². The standard InChI is InChI=1S/C13H22N4O2.HI/c1-10(9-18-3)16-13(14-2)15-8-11-6-5-7-12(17-11)19-4;/h5-7,10H,8-9H2,1-4H3,(H2,14,15,16);1H. The van der Waals surface area contributed by atoms with Crippen LogP contribution in [0, 0.1) is 0 Å². The lowest BCUT2D eigenvalue weighted by Crippen LogP contribution is -2.43. The molecular weight excluding hydrogens is 371 g/mol. The van der Waals surface area contributed by atoms with E-state index in [2.05, 4.69) is 20.6 Å². The number of rotatable bonds is 6. The number of nitrogens with zero attached hydrogens (tertiary/aromatic N) is 2. The van der Waals surface area contributed by atoms with Crippen molar-refractivity contribution in [2.45, 2.75) is 19.5 Å². The van der Waals surface area contributed by atoms with Crippen molar-refractivity contribution in [3.63, 3.8) is 0 Å². The molecule has 0 aromatic carbocycles. The first-order valence-electron chi connectivity index (χ1n) is 6.15. The summed E-state index contributed by atoms with van der Waals surface area (Å²) in [7, 11) is 5.01. The van der Waals surface area contributed by atoms with Crippen LogP contribution in [0.25, 0.3) is 0 Å². The zero-order chi connectivity index (χ0) is 14.1. The highest BCUT2D eigenvalue weighted by molar-refractivity contribution is 14.0. The van der Waals surface area contributed by atoms with Gasteiger partial charge >= 0.3 is 0 Å². The molecule has 2 N–H and O–H groups in total. The third-order valence-corrected chi connectivity index (χ3v) is 2.45. The average Bonchev–Trinajstić information content (AvgIpc) is 2.44. The maximum absolute atomic E-state index is 5.08. The van der Waals surface area contributed by atoms with Crippen molar-refractivity contribution in [1.82, 2.24) is 15.6 Å². The van der Waals surface area contributed by atoms with Gasteiger partial charge in [0.25, 0.3) is 0 Å². The van der Waals surface area contributed by atoms with Crippen LogP contribution >= 0.6 is 24.0 Å². The SMILES string of the molecule is CN=C(NCc1cccc(OC)n1)NC(C)COC.I. The molecule has 0 radical (unpaired) electrons. The van der Waals surface area contributed by atoms with Gasteiger partial charge in [0.05, 0.1) is 26.0 Å². The van der Waals surface area contributed by atoms with Crippen LogP contribution in [0.4, 0.5) is 0 Å². The minimum Gasteiger partial charge on any atom is -0.481 e. The van der Waals surface area contributed by atoms with Crippen LogP contribution in [0.15, 0.2) is 23.2 Å². The van der Waals surface area contributed by atoms with E-state index >= 15 is 0 Å². The van der Waals surface area contributed by atoms with Gasteiger partial charge < -0.3 is 20.1 Å². The third kappa shape index (κ3) is 6.90. The number of aromatic nitrogens is 1. The Bertz CT molecular complexity index is 415. The molecular formula is C13H23IN4O2. The fourth-order valence-electron chi connectivity index (χ4n) is 1.56.